The fourth-order valence-electron chi connectivity index (χ4n) is 2.39. The monoisotopic (exact) mass is 328 g/mol. The van der Waals surface area contributed by atoms with Crippen LogP contribution in [0.3, 0.4) is 0 Å². The Morgan fingerprint density at radius 1 is 1.30 bits per heavy atom. The highest BCUT2D eigenvalue weighted by atomic mass is 32.2. The van der Waals surface area contributed by atoms with Crippen LogP contribution in [0.25, 0.3) is 0 Å². The van der Waals surface area contributed by atoms with Crippen LogP contribution in [0.1, 0.15) is 5.56 Å². The Labute approximate surface area is 138 Å². The van der Waals surface area contributed by atoms with Crippen molar-refractivity contribution in [1.82, 2.24) is 0 Å². The summed E-state index contributed by atoms with van der Waals surface area (Å²) in [6.07, 6.45) is 0.224. The van der Waals surface area contributed by atoms with Crippen molar-refractivity contribution < 1.29 is 14.3 Å². The molecule has 0 saturated heterocycles. The van der Waals surface area contributed by atoms with Crippen LogP contribution < -0.4 is 15.4 Å². The van der Waals surface area contributed by atoms with Gasteiger partial charge in [0.1, 0.15) is 5.75 Å². The summed E-state index contributed by atoms with van der Waals surface area (Å²) in [5.74, 6) is 0.952. The van der Waals surface area contributed by atoms with E-state index in [2.05, 4.69) is 10.6 Å². The Morgan fingerprint density at radius 2 is 2.13 bits per heavy atom. The minimum Gasteiger partial charge on any atom is -0.496 e. The van der Waals surface area contributed by atoms with Gasteiger partial charge in [0.05, 0.1) is 25.0 Å². The molecule has 2 N–H and O–H groups in total. The zero-order valence-electron chi connectivity index (χ0n) is 12.6. The molecule has 6 heteroatoms. The third kappa shape index (κ3) is 3.65. The number of carbonyl (C=O) groups is 2. The maximum absolute atomic E-state index is 12.2. The van der Waals surface area contributed by atoms with Gasteiger partial charge in [0, 0.05) is 16.1 Å². The van der Waals surface area contributed by atoms with Crippen LogP contribution in [0.2, 0.25) is 0 Å². The van der Waals surface area contributed by atoms with E-state index in [1.54, 1.807) is 13.2 Å². The summed E-state index contributed by atoms with van der Waals surface area (Å²) in [7, 11) is 1.58. The molecule has 0 atom stereocenters. The highest BCUT2D eigenvalue weighted by Gasteiger charge is 2.16. The lowest BCUT2D eigenvalue weighted by atomic mass is 10.1. The molecule has 1 aliphatic heterocycles. The number of benzene rings is 2. The Balaban J connectivity index is 1.71. The van der Waals surface area contributed by atoms with Crippen molar-refractivity contribution in [2.24, 2.45) is 0 Å². The molecule has 23 heavy (non-hydrogen) atoms. The van der Waals surface area contributed by atoms with Gasteiger partial charge in [-0.05, 0) is 24.3 Å². The Morgan fingerprint density at radius 3 is 2.96 bits per heavy atom. The second-order valence-corrected chi connectivity index (χ2v) is 6.10. The summed E-state index contributed by atoms with van der Waals surface area (Å²) < 4.78 is 5.25. The highest BCUT2D eigenvalue weighted by Crippen LogP contribution is 2.33. The van der Waals surface area contributed by atoms with E-state index in [9.17, 15) is 9.59 Å². The zero-order chi connectivity index (χ0) is 16.2. The molecule has 0 aromatic heterocycles. The van der Waals surface area contributed by atoms with Gasteiger partial charge in [0.25, 0.3) is 0 Å². The molecule has 118 valence electrons. The van der Waals surface area contributed by atoms with Gasteiger partial charge in [-0.1, -0.05) is 18.2 Å². The molecule has 0 spiro atoms. The van der Waals surface area contributed by atoms with Gasteiger partial charge in [-0.25, -0.2) is 0 Å². The van der Waals surface area contributed by atoms with E-state index in [1.165, 1.54) is 11.8 Å². The Bertz CT molecular complexity index is 761. The van der Waals surface area contributed by atoms with Crippen LogP contribution in [0.15, 0.2) is 47.4 Å². The number of ether oxygens (including phenoxy) is 1. The molecular weight excluding hydrogens is 312 g/mol. The summed E-state index contributed by atoms with van der Waals surface area (Å²) in [6.45, 7) is 0. The van der Waals surface area contributed by atoms with E-state index in [4.69, 9.17) is 4.74 Å². The molecule has 5 nitrogen and oxygen atoms in total. The first kappa shape index (κ1) is 15.4. The average molecular weight is 328 g/mol. The topological polar surface area (TPSA) is 67.4 Å². The summed E-state index contributed by atoms with van der Waals surface area (Å²) >= 11 is 1.49. The number of hydrogen-bond donors (Lipinski definition) is 2. The van der Waals surface area contributed by atoms with Crippen LogP contribution in [-0.4, -0.2) is 24.7 Å². The molecule has 0 bridgehead atoms. The van der Waals surface area contributed by atoms with Gasteiger partial charge in [0.15, 0.2) is 0 Å². The number of anilines is 2. The second-order valence-electron chi connectivity index (χ2n) is 5.08. The van der Waals surface area contributed by atoms with Crippen LogP contribution in [-0.2, 0) is 16.0 Å². The smallest absolute Gasteiger partial charge is 0.234 e. The van der Waals surface area contributed by atoms with E-state index in [0.29, 0.717) is 17.2 Å². The first-order valence-electron chi connectivity index (χ1n) is 7.14. The zero-order valence-corrected chi connectivity index (χ0v) is 13.4. The molecule has 1 aliphatic rings. The summed E-state index contributed by atoms with van der Waals surface area (Å²) in [5, 5.41) is 5.66. The number of thioether (sulfide) groups is 1. The number of nitrogens with one attached hydrogen (secondary N) is 2. The third-order valence-electron chi connectivity index (χ3n) is 3.44. The van der Waals surface area contributed by atoms with Gasteiger partial charge in [-0.15, -0.1) is 11.8 Å². The minimum atomic E-state index is -0.135. The molecule has 0 radical (unpaired) electrons. The van der Waals surface area contributed by atoms with E-state index in [-0.39, 0.29) is 18.2 Å². The molecule has 0 fully saturated rings. The van der Waals surface area contributed by atoms with Gasteiger partial charge in [-0.2, -0.15) is 0 Å². The predicted molar refractivity (Wildman–Crippen MR) is 91.1 cm³/mol. The van der Waals surface area contributed by atoms with Crippen molar-refractivity contribution in [2.45, 2.75) is 11.3 Å². The van der Waals surface area contributed by atoms with Crippen molar-refractivity contribution in [3.63, 3.8) is 0 Å². The standard InChI is InChI=1S/C17H16N2O3S/c1-22-14-5-3-2-4-11(14)8-16(20)18-12-6-7-15-13(9-12)19-17(21)10-23-15/h2-7,9H,8,10H2,1H3,(H,18,20)(H,19,21). The molecule has 0 unspecified atom stereocenters. The fraction of sp³-hybridized carbons (Fsp3) is 0.176. The first-order chi connectivity index (χ1) is 11.2. The number of carbonyl (C=O) groups excluding carboxylic acids is 2. The molecule has 0 saturated carbocycles. The number of rotatable bonds is 4. The van der Waals surface area contributed by atoms with Gasteiger partial charge in [-0.3, -0.25) is 9.59 Å². The molecule has 2 aromatic rings. The highest BCUT2D eigenvalue weighted by molar-refractivity contribution is 8.00. The SMILES string of the molecule is COc1ccccc1CC(=O)Nc1ccc2c(c1)NC(=O)CS2. The molecule has 2 amide bonds. The van der Waals surface area contributed by atoms with Crippen molar-refractivity contribution in [3.05, 3.63) is 48.0 Å². The predicted octanol–water partition coefficient (Wildman–Crippen LogP) is 2.92. The molecular formula is C17H16N2O3S. The van der Waals surface area contributed by atoms with Crippen LogP contribution >= 0.6 is 11.8 Å². The maximum Gasteiger partial charge on any atom is 0.234 e. The lowest BCUT2D eigenvalue weighted by Gasteiger charge is -2.17. The Kier molecular flexibility index (Phi) is 4.52. The number of fused-ring (bicyclic) bond motifs is 1. The summed E-state index contributed by atoms with van der Waals surface area (Å²) in [4.78, 5) is 24.7. The Hall–Kier alpha value is -2.47. The largest absolute Gasteiger partial charge is 0.496 e. The van der Waals surface area contributed by atoms with E-state index in [0.717, 1.165) is 16.1 Å². The third-order valence-corrected chi connectivity index (χ3v) is 4.51. The second kappa shape index (κ2) is 6.75. The minimum absolute atomic E-state index is 0.0278. The van der Waals surface area contributed by atoms with Crippen LogP contribution in [0, 0.1) is 0 Å². The summed E-state index contributed by atoms with van der Waals surface area (Å²) in [5.41, 5.74) is 2.22. The van der Waals surface area contributed by atoms with Gasteiger partial charge >= 0.3 is 0 Å². The molecule has 2 aromatic carbocycles. The summed E-state index contributed by atoms with van der Waals surface area (Å²) in [6, 6.07) is 12.9. The quantitative estimate of drug-likeness (QED) is 0.905. The number of amides is 2. The van der Waals surface area contributed by atoms with E-state index in [1.807, 2.05) is 36.4 Å². The van der Waals surface area contributed by atoms with Crippen molar-refractivity contribution in [3.8, 4) is 5.75 Å². The maximum atomic E-state index is 12.2. The van der Waals surface area contributed by atoms with Crippen molar-refractivity contribution in [1.29, 1.82) is 0 Å². The van der Waals surface area contributed by atoms with Crippen molar-refractivity contribution >= 4 is 35.0 Å². The van der Waals surface area contributed by atoms with Gasteiger partial charge in [0.2, 0.25) is 11.8 Å². The van der Waals surface area contributed by atoms with Gasteiger partial charge < -0.3 is 15.4 Å². The number of methoxy groups -OCH3 is 1. The van der Waals surface area contributed by atoms with Crippen LogP contribution in [0.4, 0.5) is 11.4 Å². The lowest BCUT2D eigenvalue weighted by Crippen LogP contribution is -2.19. The fourth-order valence-corrected chi connectivity index (χ4v) is 3.18. The van der Waals surface area contributed by atoms with Crippen LogP contribution in [0.5, 0.6) is 5.75 Å². The normalized spacial score (nSPS) is 13.0. The molecule has 0 aliphatic carbocycles. The molecule has 1 heterocycles. The first-order valence-corrected chi connectivity index (χ1v) is 8.13. The number of para-hydroxylation sites is 1. The van der Waals surface area contributed by atoms with E-state index >= 15 is 0 Å². The van der Waals surface area contributed by atoms with Crippen molar-refractivity contribution in [2.75, 3.05) is 23.5 Å². The van der Waals surface area contributed by atoms with E-state index < -0.39 is 0 Å². The average Bonchev–Trinajstić information content (AvgIpc) is 2.55. The molecule has 3 rings (SSSR count). The number of hydrogen-bond acceptors (Lipinski definition) is 4. The lowest BCUT2D eigenvalue weighted by molar-refractivity contribution is -0.115.